The summed E-state index contributed by atoms with van der Waals surface area (Å²) in [6, 6.07) is 18.2. The maximum atomic E-state index is 13.0. The van der Waals surface area contributed by atoms with Crippen molar-refractivity contribution in [2.24, 2.45) is 0 Å². The van der Waals surface area contributed by atoms with Crippen LogP contribution in [0.1, 0.15) is 46.3 Å². The summed E-state index contributed by atoms with van der Waals surface area (Å²) in [5, 5.41) is 2.29. The number of hydrogen-bond donors (Lipinski definition) is 0. The van der Waals surface area contributed by atoms with Crippen LogP contribution in [0.4, 0.5) is 0 Å². The molecule has 0 aliphatic carbocycles. The molecule has 5 rings (SSSR count). The fourth-order valence-corrected chi connectivity index (χ4v) is 4.91. The Labute approximate surface area is 182 Å². The van der Waals surface area contributed by atoms with Gasteiger partial charge < -0.3 is 9.64 Å². The number of benzene rings is 3. The van der Waals surface area contributed by atoms with Crippen molar-refractivity contribution < 1.29 is 14.3 Å². The summed E-state index contributed by atoms with van der Waals surface area (Å²) in [6.45, 7) is 5.31. The Morgan fingerprint density at radius 1 is 1.00 bits per heavy atom. The summed E-state index contributed by atoms with van der Waals surface area (Å²) in [7, 11) is 0. The van der Waals surface area contributed by atoms with Crippen LogP contribution in [0, 0.1) is 13.8 Å². The Balaban J connectivity index is 1.29. The lowest BCUT2D eigenvalue weighted by Gasteiger charge is -2.44. The van der Waals surface area contributed by atoms with E-state index in [1.165, 1.54) is 0 Å². The highest BCUT2D eigenvalue weighted by atomic mass is 16.5. The predicted octanol–water partition coefficient (Wildman–Crippen LogP) is 5.03. The lowest BCUT2D eigenvalue weighted by molar-refractivity contribution is -0.134. The zero-order chi connectivity index (χ0) is 21.6. The first-order chi connectivity index (χ1) is 14.9. The number of likely N-dealkylation sites (tertiary alicyclic amines) is 1. The van der Waals surface area contributed by atoms with Gasteiger partial charge in [0.2, 0.25) is 5.91 Å². The number of carbonyl (C=O) groups is 2. The Bertz CT molecular complexity index is 1180. The van der Waals surface area contributed by atoms with E-state index >= 15 is 0 Å². The second-order valence-corrected chi connectivity index (χ2v) is 9.01. The summed E-state index contributed by atoms with van der Waals surface area (Å²) in [5.74, 6) is 0.995. The van der Waals surface area contributed by atoms with Gasteiger partial charge in [-0.2, -0.15) is 0 Å². The standard InChI is InChI=1S/C27H27NO3/c1-18-14-23-24(29)17-27(31-25(23)15-19(18)2)10-12-28(13-11-27)26(30)16-21-8-5-7-20-6-3-4-9-22(20)21/h3-9,14-15H,10-13,16-17H2,1-2H3. The zero-order valence-electron chi connectivity index (χ0n) is 18.1. The van der Waals surface area contributed by atoms with Crippen molar-refractivity contribution in [3.63, 3.8) is 0 Å². The molecular weight excluding hydrogens is 386 g/mol. The van der Waals surface area contributed by atoms with Crippen molar-refractivity contribution >= 4 is 22.5 Å². The molecule has 2 aliphatic rings. The van der Waals surface area contributed by atoms with Crippen LogP contribution in [-0.2, 0) is 11.2 Å². The molecule has 4 heteroatoms. The first-order valence-corrected chi connectivity index (χ1v) is 11.0. The number of amides is 1. The van der Waals surface area contributed by atoms with Gasteiger partial charge in [0.05, 0.1) is 18.4 Å². The Morgan fingerprint density at radius 3 is 2.52 bits per heavy atom. The smallest absolute Gasteiger partial charge is 0.227 e. The van der Waals surface area contributed by atoms with Crippen molar-refractivity contribution in [3.05, 3.63) is 76.9 Å². The van der Waals surface area contributed by atoms with E-state index in [2.05, 4.69) is 18.2 Å². The molecule has 158 valence electrons. The van der Waals surface area contributed by atoms with Crippen LogP contribution in [0.15, 0.2) is 54.6 Å². The van der Waals surface area contributed by atoms with Crippen LogP contribution < -0.4 is 4.74 Å². The topological polar surface area (TPSA) is 46.6 Å². The second kappa shape index (κ2) is 7.52. The highest BCUT2D eigenvalue weighted by molar-refractivity contribution is 6.00. The van der Waals surface area contributed by atoms with E-state index in [0.717, 1.165) is 27.5 Å². The van der Waals surface area contributed by atoms with Gasteiger partial charge in [-0.15, -0.1) is 0 Å². The number of ether oxygens (including phenoxy) is 1. The molecular formula is C27H27NO3. The van der Waals surface area contributed by atoms with E-state index < -0.39 is 5.60 Å². The normalized spacial score (nSPS) is 17.5. The Morgan fingerprint density at radius 2 is 1.71 bits per heavy atom. The molecule has 2 aliphatic heterocycles. The first-order valence-electron chi connectivity index (χ1n) is 11.0. The molecule has 3 aromatic carbocycles. The quantitative estimate of drug-likeness (QED) is 0.592. The molecule has 1 spiro atoms. The third kappa shape index (κ3) is 3.60. The summed E-state index contributed by atoms with van der Waals surface area (Å²) >= 11 is 0. The largest absolute Gasteiger partial charge is 0.486 e. The summed E-state index contributed by atoms with van der Waals surface area (Å²) in [5.41, 5.74) is 3.52. The minimum absolute atomic E-state index is 0.139. The van der Waals surface area contributed by atoms with Crippen LogP contribution in [0.25, 0.3) is 10.8 Å². The monoisotopic (exact) mass is 413 g/mol. The van der Waals surface area contributed by atoms with E-state index in [1.807, 2.05) is 55.1 Å². The van der Waals surface area contributed by atoms with Crippen molar-refractivity contribution in [2.45, 2.75) is 45.1 Å². The van der Waals surface area contributed by atoms with Gasteiger partial charge in [-0.1, -0.05) is 42.5 Å². The molecule has 31 heavy (non-hydrogen) atoms. The Hall–Kier alpha value is -3.14. The number of piperidine rings is 1. The maximum Gasteiger partial charge on any atom is 0.227 e. The molecule has 1 saturated heterocycles. The van der Waals surface area contributed by atoms with E-state index in [0.29, 0.717) is 50.1 Å². The highest BCUT2D eigenvalue weighted by Gasteiger charge is 2.43. The second-order valence-electron chi connectivity index (χ2n) is 9.01. The van der Waals surface area contributed by atoms with Crippen LogP contribution >= 0.6 is 0 Å². The number of carbonyl (C=O) groups excluding carboxylic acids is 2. The lowest BCUT2D eigenvalue weighted by atomic mass is 9.81. The number of rotatable bonds is 2. The molecule has 0 atom stereocenters. The third-order valence-corrected chi connectivity index (χ3v) is 6.95. The molecule has 4 nitrogen and oxygen atoms in total. The number of hydrogen-bond acceptors (Lipinski definition) is 3. The van der Waals surface area contributed by atoms with Crippen LogP contribution in [0.3, 0.4) is 0 Å². The number of fused-ring (bicyclic) bond motifs is 2. The van der Waals surface area contributed by atoms with E-state index in [-0.39, 0.29) is 11.7 Å². The van der Waals surface area contributed by atoms with Gasteiger partial charge in [-0.05, 0) is 53.4 Å². The van der Waals surface area contributed by atoms with Crippen LogP contribution in [0.2, 0.25) is 0 Å². The zero-order valence-corrected chi connectivity index (χ0v) is 18.1. The van der Waals surface area contributed by atoms with E-state index in [9.17, 15) is 9.59 Å². The molecule has 0 N–H and O–H groups in total. The Kier molecular flexibility index (Phi) is 4.81. The van der Waals surface area contributed by atoms with E-state index in [1.54, 1.807) is 0 Å². The fraction of sp³-hybridized carbons (Fsp3) is 0.333. The maximum absolute atomic E-state index is 13.0. The average Bonchev–Trinajstić information content (AvgIpc) is 2.76. The molecule has 0 aromatic heterocycles. The summed E-state index contributed by atoms with van der Waals surface area (Å²) < 4.78 is 6.41. The minimum atomic E-state index is -0.484. The lowest BCUT2D eigenvalue weighted by Crippen LogP contribution is -2.52. The van der Waals surface area contributed by atoms with Crippen molar-refractivity contribution in [2.75, 3.05) is 13.1 Å². The number of nitrogens with zero attached hydrogens (tertiary/aromatic N) is 1. The molecule has 0 saturated carbocycles. The first kappa shape index (κ1) is 19.8. The molecule has 3 aromatic rings. The van der Waals surface area contributed by atoms with Crippen molar-refractivity contribution in [3.8, 4) is 5.75 Å². The molecule has 2 heterocycles. The number of ketones is 1. The summed E-state index contributed by atoms with van der Waals surface area (Å²) in [6.07, 6.45) is 2.17. The third-order valence-electron chi connectivity index (χ3n) is 6.95. The molecule has 0 unspecified atom stereocenters. The SMILES string of the molecule is Cc1cc2c(cc1C)C(=O)CC1(CCN(C(=O)Cc3cccc4ccccc34)CC1)O2. The van der Waals surface area contributed by atoms with Crippen LogP contribution in [0.5, 0.6) is 5.75 Å². The molecule has 0 bridgehead atoms. The molecule has 1 fully saturated rings. The summed E-state index contributed by atoms with van der Waals surface area (Å²) in [4.78, 5) is 27.8. The average molecular weight is 414 g/mol. The van der Waals surface area contributed by atoms with Gasteiger partial charge in [-0.25, -0.2) is 0 Å². The van der Waals surface area contributed by atoms with Gasteiger partial charge in [0.1, 0.15) is 11.4 Å². The van der Waals surface area contributed by atoms with E-state index in [4.69, 9.17) is 4.74 Å². The fourth-order valence-electron chi connectivity index (χ4n) is 4.91. The molecule has 0 radical (unpaired) electrons. The number of aryl methyl sites for hydroxylation is 2. The highest BCUT2D eigenvalue weighted by Crippen LogP contribution is 2.40. The van der Waals surface area contributed by atoms with Gasteiger partial charge >= 0.3 is 0 Å². The van der Waals surface area contributed by atoms with Gasteiger partial charge in [0, 0.05) is 25.9 Å². The van der Waals surface area contributed by atoms with Crippen molar-refractivity contribution in [1.82, 2.24) is 4.90 Å². The molecule has 1 amide bonds. The predicted molar refractivity (Wildman–Crippen MR) is 122 cm³/mol. The van der Waals surface area contributed by atoms with Gasteiger partial charge in [-0.3, -0.25) is 9.59 Å². The van der Waals surface area contributed by atoms with Crippen LogP contribution in [-0.4, -0.2) is 35.3 Å². The van der Waals surface area contributed by atoms with Gasteiger partial charge in [0.25, 0.3) is 0 Å². The van der Waals surface area contributed by atoms with Crippen molar-refractivity contribution in [1.29, 1.82) is 0 Å². The number of Topliss-reactive ketones (excluding diaryl/α,β-unsaturated/α-hetero) is 1. The van der Waals surface area contributed by atoms with Gasteiger partial charge in [0.15, 0.2) is 5.78 Å². The minimum Gasteiger partial charge on any atom is -0.486 e.